The van der Waals surface area contributed by atoms with E-state index >= 15 is 0 Å². The molecule has 0 aromatic carbocycles. The van der Waals surface area contributed by atoms with Crippen LogP contribution in [0.15, 0.2) is 4.73 Å². The minimum absolute atomic E-state index is 0.281. The van der Waals surface area contributed by atoms with Crippen molar-refractivity contribution in [2.45, 2.75) is 13.7 Å². The zero-order valence-corrected chi connectivity index (χ0v) is 9.45. The van der Waals surface area contributed by atoms with Gasteiger partial charge in [0.25, 0.3) is 0 Å². The summed E-state index contributed by atoms with van der Waals surface area (Å²) in [5, 5.41) is 0.667. The molecule has 0 radical (unpaired) electrons. The molecule has 1 heterocycles. The van der Waals surface area contributed by atoms with Crippen molar-refractivity contribution in [3.05, 3.63) is 15.0 Å². The maximum absolute atomic E-state index is 5.81. The van der Waals surface area contributed by atoms with Crippen LogP contribution in [0.4, 0.5) is 0 Å². The molecule has 0 amide bonds. The molecule has 0 aliphatic carbocycles. The second kappa shape index (κ2) is 4.46. The lowest BCUT2D eigenvalue weighted by Crippen LogP contribution is -2.02. The number of ether oxygens (including phenoxy) is 1. The van der Waals surface area contributed by atoms with Gasteiger partial charge in [-0.1, -0.05) is 23.2 Å². The molecular formula is C6H7BrCl2N2O. The first-order valence-corrected chi connectivity index (χ1v) is 4.86. The highest BCUT2D eigenvalue weighted by molar-refractivity contribution is 9.10. The first kappa shape index (κ1) is 10.3. The Morgan fingerprint density at radius 1 is 1.58 bits per heavy atom. The third-order valence-corrected chi connectivity index (χ3v) is 2.59. The fraction of sp³-hybridized carbons (Fsp3) is 0.500. The van der Waals surface area contributed by atoms with Crippen LogP contribution in [0.5, 0.6) is 0 Å². The zero-order chi connectivity index (χ0) is 9.14. The van der Waals surface area contributed by atoms with Gasteiger partial charge in [-0.3, -0.25) is 4.57 Å². The fourth-order valence-corrected chi connectivity index (χ4v) is 1.69. The van der Waals surface area contributed by atoms with E-state index in [1.165, 1.54) is 0 Å². The Morgan fingerprint density at radius 2 is 2.25 bits per heavy atom. The Bertz CT molecular complexity index is 277. The predicted octanol–water partition coefficient (Wildman–Crippen LogP) is 2.95. The number of imidazole rings is 1. The average Bonchev–Trinajstić information content (AvgIpc) is 2.25. The number of aromatic nitrogens is 2. The number of hydrogen-bond donors (Lipinski definition) is 0. The topological polar surface area (TPSA) is 27.1 Å². The Labute approximate surface area is 88.8 Å². The molecule has 0 unspecified atom stereocenters. The SMILES string of the molecule is CCOCn1c(Br)nc(Cl)c1Cl. The van der Waals surface area contributed by atoms with Gasteiger partial charge >= 0.3 is 0 Å². The largest absolute Gasteiger partial charge is 0.361 e. The van der Waals surface area contributed by atoms with Crippen molar-refractivity contribution in [3.63, 3.8) is 0 Å². The molecule has 0 spiro atoms. The summed E-state index contributed by atoms with van der Waals surface area (Å²) in [4.78, 5) is 3.90. The first-order chi connectivity index (χ1) is 5.66. The van der Waals surface area contributed by atoms with Crippen molar-refractivity contribution in [2.24, 2.45) is 0 Å². The van der Waals surface area contributed by atoms with E-state index in [9.17, 15) is 0 Å². The maximum Gasteiger partial charge on any atom is 0.181 e. The van der Waals surface area contributed by atoms with Gasteiger partial charge in [0.05, 0.1) is 0 Å². The second-order valence-electron chi connectivity index (χ2n) is 2.01. The summed E-state index contributed by atoms with van der Waals surface area (Å²) in [6, 6.07) is 0. The molecule has 1 rings (SSSR count). The monoisotopic (exact) mass is 272 g/mol. The molecule has 0 bridgehead atoms. The molecule has 12 heavy (non-hydrogen) atoms. The summed E-state index contributed by atoms with van der Waals surface area (Å²) in [5.41, 5.74) is 0. The normalized spacial score (nSPS) is 10.7. The van der Waals surface area contributed by atoms with E-state index in [0.29, 0.717) is 23.2 Å². The van der Waals surface area contributed by atoms with Crippen molar-refractivity contribution in [1.29, 1.82) is 0 Å². The second-order valence-corrected chi connectivity index (χ2v) is 3.44. The van der Waals surface area contributed by atoms with E-state index in [4.69, 9.17) is 27.9 Å². The highest BCUT2D eigenvalue weighted by Gasteiger charge is 2.10. The number of halogens is 3. The Kier molecular flexibility index (Phi) is 3.83. The van der Waals surface area contributed by atoms with E-state index < -0.39 is 0 Å². The van der Waals surface area contributed by atoms with Crippen LogP contribution in [0.3, 0.4) is 0 Å². The van der Waals surface area contributed by atoms with Gasteiger partial charge in [-0.05, 0) is 22.9 Å². The van der Waals surface area contributed by atoms with Crippen molar-refractivity contribution in [3.8, 4) is 0 Å². The number of rotatable bonds is 3. The molecule has 0 aliphatic rings. The fourth-order valence-electron chi connectivity index (χ4n) is 0.672. The molecule has 6 heteroatoms. The van der Waals surface area contributed by atoms with Gasteiger partial charge < -0.3 is 4.74 Å². The van der Waals surface area contributed by atoms with Gasteiger partial charge in [-0.15, -0.1) is 0 Å². The molecule has 0 saturated heterocycles. The molecule has 1 aromatic heterocycles. The third kappa shape index (κ3) is 2.13. The molecule has 0 atom stereocenters. The number of hydrogen-bond acceptors (Lipinski definition) is 2. The molecular weight excluding hydrogens is 267 g/mol. The van der Waals surface area contributed by atoms with Crippen LogP contribution >= 0.6 is 39.1 Å². The van der Waals surface area contributed by atoms with Gasteiger partial charge in [0.2, 0.25) is 0 Å². The standard InChI is InChI=1S/C6H7BrCl2N2O/c1-2-12-3-11-5(9)4(8)10-6(11)7/h2-3H2,1H3. The quantitative estimate of drug-likeness (QED) is 0.847. The van der Waals surface area contributed by atoms with Crippen molar-refractivity contribution < 1.29 is 4.74 Å². The Hall–Kier alpha value is 0.230. The molecule has 0 saturated carbocycles. The lowest BCUT2D eigenvalue weighted by molar-refractivity contribution is 0.0864. The van der Waals surface area contributed by atoms with E-state index in [2.05, 4.69) is 20.9 Å². The van der Waals surface area contributed by atoms with Gasteiger partial charge in [0.1, 0.15) is 6.73 Å². The lowest BCUT2D eigenvalue weighted by atomic mass is 10.8. The third-order valence-electron chi connectivity index (χ3n) is 1.24. The highest BCUT2D eigenvalue weighted by Crippen LogP contribution is 2.25. The average molecular weight is 274 g/mol. The van der Waals surface area contributed by atoms with Crippen molar-refractivity contribution >= 4 is 39.1 Å². The molecule has 68 valence electrons. The highest BCUT2D eigenvalue weighted by atomic mass is 79.9. The minimum Gasteiger partial charge on any atom is -0.361 e. The van der Waals surface area contributed by atoms with Gasteiger partial charge in [0, 0.05) is 6.61 Å². The van der Waals surface area contributed by atoms with Crippen LogP contribution in [0.1, 0.15) is 6.92 Å². The summed E-state index contributed by atoms with van der Waals surface area (Å²) >= 11 is 14.7. The minimum atomic E-state index is 0.281. The van der Waals surface area contributed by atoms with Gasteiger partial charge in [-0.2, -0.15) is 0 Å². The Morgan fingerprint density at radius 3 is 2.67 bits per heavy atom. The molecule has 0 aliphatic heterocycles. The zero-order valence-electron chi connectivity index (χ0n) is 6.35. The van der Waals surface area contributed by atoms with Gasteiger partial charge in [0.15, 0.2) is 15.0 Å². The van der Waals surface area contributed by atoms with E-state index in [-0.39, 0.29) is 5.15 Å². The summed E-state index contributed by atoms with van der Waals surface area (Å²) < 4.78 is 7.35. The molecule has 0 fully saturated rings. The van der Waals surface area contributed by atoms with E-state index in [0.717, 1.165) is 0 Å². The van der Waals surface area contributed by atoms with Crippen LogP contribution in [0.25, 0.3) is 0 Å². The first-order valence-electron chi connectivity index (χ1n) is 3.31. The van der Waals surface area contributed by atoms with E-state index in [1.807, 2.05) is 6.92 Å². The van der Waals surface area contributed by atoms with Crippen LogP contribution in [0, 0.1) is 0 Å². The lowest BCUT2D eigenvalue weighted by Gasteiger charge is -2.04. The molecule has 0 N–H and O–H groups in total. The van der Waals surface area contributed by atoms with Crippen molar-refractivity contribution in [2.75, 3.05) is 6.61 Å². The summed E-state index contributed by atoms with van der Waals surface area (Å²) in [6.45, 7) is 2.88. The van der Waals surface area contributed by atoms with Gasteiger partial charge in [-0.25, -0.2) is 4.98 Å². The summed E-state index contributed by atoms with van der Waals surface area (Å²) in [5.74, 6) is 0. The van der Waals surface area contributed by atoms with E-state index in [1.54, 1.807) is 4.57 Å². The van der Waals surface area contributed by atoms with Crippen LogP contribution in [-0.4, -0.2) is 16.2 Å². The predicted molar refractivity (Wildman–Crippen MR) is 51.6 cm³/mol. The number of nitrogens with zero attached hydrogens (tertiary/aromatic N) is 2. The summed E-state index contributed by atoms with van der Waals surface area (Å²) in [6.07, 6.45) is 0. The van der Waals surface area contributed by atoms with Crippen LogP contribution in [0.2, 0.25) is 10.3 Å². The van der Waals surface area contributed by atoms with Crippen LogP contribution < -0.4 is 0 Å². The smallest absolute Gasteiger partial charge is 0.181 e. The molecule has 1 aromatic rings. The van der Waals surface area contributed by atoms with Crippen molar-refractivity contribution in [1.82, 2.24) is 9.55 Å². The maximum atomic E-state index is 5.81. The molecule has 3 nitrogen and oxygen atoms in total. The summed E-state index contributed by atoms with van der Waals surface area (Å²) in [7, 11) is 0. The Balaban J connectivity index is 2.82. The van der Waals surface area contributed by atoms with Crippen LogP contribution in [-0.2, 0) is 11.5 Å².